The Labute approximate surface area is 137 Å². The molecule has 1 heterocycles. The van der Waals surface area contributed by atoms with Gasteiger partial charge in [0.1, 0.15) is 5.75 Å². The summed E-state index contributed by atoms with van der Waals surface area (Å²) in [6.07, 6.45) is 2.32. The van der Waals surface area contributed by atoms with E-state index in [4.69, 9.17) is 4.74 Å². The molecule has 0 saturated heterocycles. The minimum atomic E-state index is 0.0261. The Balaban J connectivity index is 2.16. The molecular formula is C19H24N2O2. The fourth-order valence-electron chi connectivity index (χ4n) is 2.47. The van der Waals surface area contributed by atoms with Crippen LogP contribution in [0.15, 0.2) is 48.7 Å². The van der Waals surface area contributed by atoms with Crippen LogP contribution in [0.2, 0.25) is 0 Å². The van der Waals surface area contributed by atoms with Crippen LogP contribution >= 0.6 is 0 Å². The molecule has 2 rings (SSSR count). The van der Waals surface area contributed by atoms with E-state index in [1.54, 1.807) is 13.3 Å². The maximum atomic E-state index is 12.0. The first-order valence-electron chi connectivity index (χ1n) is 7.91. The molecule has 0 aliphatic heterocycles. The van der Waals surface area contributed by atoms with E-state index in [1.165, 1.54) is 0 Å². The molecular weight excluding hydrogens is 288 g/mol. The van der Waals surface area contributed by atoms with Crippen molar-refractivity contribution >= 4 is 5.91 Å². The average molecular weight is 312 g/mol. The van der Waals surface area contributed by atoms with Crippen LogP contribution in [0.3, 0.4) is 0 Å². The highest BCUT2D eigenvalue weighted by molar-refractivity contribution is 5.76. The summed E-state index contributed by atoms with van der Waals surface area (Å²) < 4.78 is 5.21. The van der Waals surface area contributed by atoms with Gasteiger partial charge in [-0.05, 0) is 35.7 Å². The third-order valence-corrected chi connectivity index (χ3v) is 3.66. The first kappa shape index (κ1) is 17.0. The van der Waals surface area contributed by atoms with Gasteiger partial charge in [0.25, 0.3) is 0 Å². The number of carbonyl (C=O) groups is 1. The fourth-order valence-corrected chi connectivity index (χ4v) is 2.47. The van der Waals surface area contributed by atoms with Gasteiger partial charge in [-0.25, -0.2) is 0 Å². The highest BCUT2D eigenvalue weighted by Gasteiger charge is 2.17. The van der Waals surface area contributed by atoms with Crippen molar-refractivity contribution in [2.45, 2.75) is 26.2 Å². The van der Waals surface area contributed by atoms with E-state index in [-0.39, 0.29) is 11.8 Å². The van der Waals surface area contributed by atoms with Gasteiger partial charge < -0.3 is 10.1 Å². The predicted molar refractivity (Wildman–Crippen MR) is 91.5 cm³/mol. The van der Waals surface area contributed by atoms with Crippen molar-refractivity contribution < 1.29 is 9.53 Å². The Morgan fingerprint density at radius 3 is 2.48 bits per heavy atom. The van der Waals surface area contributed by atoms with Crippen molar-refractivity contribution in [3.8, 4) is 5.75 Å². The average Bonchev–Trinajstić information content (AvgIpc) is 2.56. The van der Waals surface area contributed by atoms with Crippen LogP contribution in [0.25, 0.3) is 0 Å². The highest BCUT2D eigenvalue weighted by Crippen LogP contribution is 2.24. The van der Waals surface area contributed by atoms with Crippen molar-refractivity contribution in [2.75, 3.05) is 13.7 Å². The SMILES string of the molecule is COc1ccc(C(CNC(=O)CC(C)C)c2ccccn2)cc1. The number of nitrogens with one attached hydrogen (secondary N) is 1. The molecule has 0 spiro atoms. The van der Waals surface area contributed by atoms with E-state index in [0.29, 0.717) is 18.9 Å². The maximum absolute atomic E-state index is 12.0. The number of hydrogen-bond acceptors (Lipinski definition) is 3. The lowest BCUT2D eigenvalue weighted by Crippen LogP contribution is -2.30. The van der Waals surface area contributed by atoms with Gasteiger partial charge in [0.15, 0.2) is 0 Å². The molecule has 0 radical (unpaired) electrons. The molecule has 1 amide bonds. The number of carbonyl (C=O) groups excluding carboxylic acids is 1. The van der Waals surface area contributed by atoms with E-state index in [9.17, 15) is 4.79 Å². The molecule has 122 valence electrons. The number of aromatic nitrogens is 1. The van der Waals surface area contributed by atoms with Crippen LogP contribution in [0.1, 0.15) is 37.4 Å². The van der Waals surface area contributed by atoms with Gasteiger partial charge in [-0.1, -0.05) is 32.0 Å². The van der Waals surface area contributed by atoms with Gasteiger partial charge in [-0.2, -0.15) is 0 Å². The number of ether oxygens (including phenoxy) is 1. The van der Waals surface area contributed by atoms with Crippen LogP contribution in [0.4, 0.5) is 0 Å². The van der Waals surface area contributed by atoms with Gasteiger partial charge in [0.05, 0.1) is 7.11 Å². The number of rotatable bonds is 7. The molecule has 4 nitrogen and oxygen atoms in total. The lowest BCUT2D eigenvalue weighted by Gasteiger charge is -2.18. The number of pyridine rings is 1. The number of amides is 1. The van der Waals surface area contributed by atoms with Crippen molar-refractivity contribution in [1.82, 2.24) is 10.3 Å². The summed E-state index contributed by atoms with van der Waals surface area (Å²) in [6.45, 7) is 4.62. The molecule has 1 aromatic carbocycles. The summed E-state index contributed by atoms with van der Waals surface area (Å²) >= 11 is 0. The minimum Gasteiger partial charge on any atom is -0.497 e. The van der Waals surface area contributed by atoms with Crippen LogP contribution in [-0.2, 0) is 4.79 Å². The first-order chi connectivity index (χ1) is 11.1. The maximum Gasteiger partial charge on any atom is 0.220 e. The predicted octanol–water partition coefficient (Wildman–Crippen LogP) is 3.38. The van der Waals surface area contributed by atoms with E-state index < -0.39 is 0 Å². The van der Waals surface area contributed by atoms with Crippen LogP contribution in [0.5, 0.6) is 5.75 Å². The molecule has 23 heavy (non-hydrogen) atoms. The number of benzene rings is 1. The zero-order valence-electron chi connectivity index (χ0n) is 14.0. The smallest absolute Gasteiger partial charge is 0.220 e. The second-order valence-corrected chi connectivity index (χ2v) is 5.98. The molecule has 0 aliphatic carbocycles. The van der Waals surface area contributed by atoms with Gasteiger partial charge >= 0.3 is 0 Å². The zero-order valence-corrected chi connectivity index (χ0v) is 14.0. The highest BCUT2D eigenvalue weighted by atomic mass is 16.5. The summed E-state index contributed by atoms with van der Waals surface area (Å²) in [4.78, 5) is 16.4. The number of nitrogens with zero attached hydrogens (tertiary/aromatic N) is 1. The molecule has 1 unspecified atom stereocenters. The molecule has 0 fully saturated rings. The van der Waals surface area contributed by atoms with Gasteiger partial charge in [0.2, 0.25) is 5.91 Å². The van der Waals surface area contributed by atoms with Crippen molar-refractivity contribution in [3.05, 3.63) is 59.9 Å². The number of hydrogen-bond donors (Lipinski definition) is 1. The minimum absolute atomic E-state index is 0.0261. The van der Waals surface area contributed by atoms with Crippen molar-refractivity contribution in [2.24, 2.45) is 5.92 Å². The summed E-state index contributed by atoms with van der Waals surface area (Å²) in [6, 6.07) is 13.8. The largest absolute Gasteiger partial charge is 0.497 e. The van der Waals surface area contributed by atoms with Gasteiger partial charge in [-0.15, -0.1) is 0 Å². The molecule has 1 atom stereocenters. The van der Waals surface area contributed by atoms with Crippen molar-refractivity contribution in [3.63, 3.8) is 0 Å². The topological polar surface area (TPSA) is 51.2 Å². The second-order valence-electron chi connectivity index (χ2n) is 5.98. The molecule has 0 aliphatic rings. The Bertz CT molecular complexity index is 609. The third kappa shape index (κ3) is 5.09. The van der Waals surface area contributed by atoms with Crippen LogP contribution in [-0.4, -0.2) is 24.5 Å². The molecule has 1 N–H and O–H groups in total. The second kappa shape index (κ2) is 8.32. The summed E-state index contributed by atoms with van der Waals surface area (Å²) in [5, 5.41) is 3.03. The number of methoxy groups -OCH3 is 1. The normalized spacial score (nSPS) is 12.0. The van der Waals surface area contributed by atoms with Crippen molar-refractivity contribution in [1.29, 1.82) is 0 Å². The third-order valence-electron chi connectivity index (χ3n) is 3.66. The van der Waals surface area contributed by atoms with Gasteiger partial charge in [0, 0.05) is 30.8 Å². The Kier molecular flexibility index (Phi) is 6.15. The van der Waals surface area contributed by atoms with E-state index in [0.717, 1.165) is 17.0 Å². The standard InChI is InChI=1S/C19H24N2O2/c1-14(2)12-19(22)21-13-17(18-6-4-5-11-20-18)15-7-9-16(23-3)10-8-15/h4-11,14,17H,12-13H2,1-3H3,(H,21,22). The molecule has 0 bridgehead atoms. The first-order valence-corrected chi connectivity index (χ1v) is 7.91. The van der Waals surface area contributed by atoms with Crippen LogP contribution < -0.4 is 10.1 Å². The zero-order chi connectivity index (χ0) is 16.7. The molecule has 0 saturated carbocycles. The fraction of sp³-hybridized carbons (Fsp3) is 0.368. The van der Waals surface area contributed by atoms with E-state index in [2.05, 4.69) is 10.3 Å². The van der Waals surface area contributed by atoms with E-state index in [1.807, 2.05) is 56.3 Å². The Morgan fingerprint density at radius 2 is 1.91 bits per heavy atom. The van der Waals surface area contributed by atoms with Crippen LogP contribution in [0, 0.1) is 5.92 Å². The summed E-state index contributed by atoms with van der Waals surface area (Å²) in [5.74, 6) is 1.27. The summed E-state index contributed by atoms with van der Waals surface area (Å²) in [7, 11) is 1.65. The monoisotopic (exact) mass is 312 g/mol. The molecule has 4 heteroatoms. The van der Waals surface area contributed by atoms with Gasteiger partial charge in [-0.3, -0.25) is 9.78 Å². The quantitative estimate of drug-likeness (QED) is 0.852. The van der Waals surface area contributed by atoms with E-state index >= 15 is 0 Å². The Morgan fingerprint density at radius 1 is 1.17 bits per heavy atom. The molecule has 2 aromatic rings. The lowest BCUT2D eigenvalue weighted by molar-refractivity contribution is -0.121. The molecule has 1 aromatic heterocycles. The summed E-state index contributed by atoms with van der Waals surface area (Å²) in [5.41, 5.74) is 2.05. The lowest BCUT2D eigenvalue weighted by atomic mass is 9.94. The Hall–Kier alpha value is -2.36.